The molecular weight excluding hydrogens is 485 g/mol. The summed E-state index contributed by atoms with van der Waals surface area (Å²) in [4.78, 5) is 30.9. The Morgan fingerprint density at radius 2 is 1.97 bits per heavy atom. The Hall–Kier alpha value is -2.53. The number of rotatable bonds is 4. The van der Waals surface area contributed by atoms with Crippen molar-refractivity contribution >= 4 is 51.9 Å². The van der Waals surface area contributed by atoms with E-state index in [1.165, 1.54) is 28.7 Å². The van der Waals surface area contributed by atoms with Crippen molar-refractivity contribution in [3.05, 3.63) is 58.9 Å². The van der Waals surface area contributed by atoms with Gasteiger partial charge in [-0.05, 0) is 52.8 Å². The molecule has 0 aliphatic carbocycles. The molecule has 7 nitrogen and oxygen atoms in total. The van der Waals surface area contributed by atoms with Crippen molar-refractivity contribution in [2.45, 2.75) is 37.3 Å². The van der Waals surface area contributed by atoms with Crippen LogP contribution in [-0.2, 0) is 22.7 Å². The van der Waals surface area contributed by atoms with Crippen molar-refractivity contribution in [3.8, 4) is 0 Å². The third-order valence-electron chi connectivity index (χ3n) is 7.33. The Morgan fingerprint density at radius 3 is 2.77 bits per heavy atom. The molecule has 3 aliphatic heterocycles. The van der Waals surface area contributed by atoms with Crippen LogP contribution in [0.25, 0.3) is 10.1 Å². The van der Waals surface area contributed by atoms with E-state index in [1.807, 2.05) is 6.07 Å². The highest BCUT2D eigenvalue weighted by Gasteiger charge is 2.39. The van der Waals surface area contributed by atoms with Gasteiger partial charge in [0.1, 0.15) is 11.6 Å². The second kappa shape index (κ2) is 9.16. The SMILES string of the molecule is O=C1CCC(N2Cc3c(CN4CCN(c5nsc6cc(F)ccc56)CC4)cccc3C2S)C(=O)N1. The van der Waals surface area contributed by atoms with Crippen LogP contribution < -0.4 is 10.2 Å². The average molecular weight is 512 g/mol. The largest absolute Gasteiger partial charge is 0.353 e. The second-order valence-corrected chi connectivity index (χ2v) is 10.7. The summed E-state index contributed by atoms with van der Waals surface area (Å²) < 4.78 is 19.0. The average Bonchev–Trinajstić information content (AvgIpc) is 3.41. The van der Waals surface area contributed by atoms with Crippen molar-refractivity contribution in [2.24, 2.45) is 0 Å². The van der Waals surface area contributed by atoms with Crippen LogP contribution in [0.2, 0.25) is 0 Å². The molecule has 0 bridgehead atoms. The summed E-state index contributed by atoms with van der Waals surface area (Å²) in [6.07, 6.45) is 0.898. The first kappa shape index (κ1) is 22.9. The summed E-state index contributed by atoms with van der Waals surface area (Å²) in [5.74, 6) is 0.301. The fraction of sp³-hybridized carbons (Fsp3) is 0.400. The molecule has 1 N–H and O–H groups in total. The second-order valence-electron chi connectivity index (χ2n) is 9.41. The summed E-state index contributed by atoms with van der Waals surface area (Å²) in [6, 6.07) is 10.9. The van der Waals surface area contributed by atoms with Crippen molar-refractivity contribution in [1.29, 1.82) is 0 Å². The maximum atomic E-state index is 13.5. The fourth-order valence-electron chi connectivity index (χ4n) is 5.45. The zero-order chi connectivity index (χ0) is 24.1. The van der Waals surface area contributed by atoms with Crippen molar-refractivity contribution < 1.29 is 14.0 Å². The molecule has 2 fully saturated rings. The van der Waals surface area contributed by atoms with Gasteiger partial charge in [0.15, 0.2) is 0 Å². The molecule has 2 saturated heterocycles. The Balaban J connectivity index is 1.14. The van der Waals surface area contributed by atoms with Gasteiger partial charge in [-0.25, -0.2) is 4.39 Å². The molecule has 10 heteroatoms. The topological polar surface area (TPSA) is 68.8 Å². The van der Waals surface area contributed by atoms with Gasteiger partial charge in [-0.1, -0.05) is 18.2 Å². The lowest BCUT2D eigenvalue weighted by molar-refractivity contribution is -0.137. The van der Waals surface area contributed by atoms with Crippen LogP contribution in [-0.4, -0.2) is 58.2 Å². The Labute approximate surface area is 212 Å². The third-order valence-corrected chi connectivity index (χ3v) is 8.71. The lowest BCUT2D eigenvalue weighted by Gasteiger charge is -2.35. The molecule has 0 radical (unpaired) electrons. The van der Waals surface area contributed by atoms with Crippen LogP contribution in [0.15, 0.2) is 36.4 Å². The molecule has 1 aromatic heterocycles. The van der Waals surface area contributed by atoms with E-state index in [2.05, 4.69) is 42.6 Å². The minimum atomic E-state index is -0.333. The summed E-state index contributed by atoms with van der Waals surface area (Å²) >= 11 is 6.19. The van der Waals surface area contributed by atoms with Crippen LogP contribution in [0.5, 0.6) is 0 Å². The first-order chi connectivity index (χ1) is 17.0. The number of fused-ring (bicyclic) bond motifs is 2. The van der Waals surface area contributed by atoms with Crippen LogP contribution >= 0.6 is 24.2 Å². The molecule has 2 amide bonds. The smallest absolute Gasteiger partial charge is 0.243 e. The summed E-state index contributed by atoms with van der Waals surface area (Å²) in [5, 5.41) is 3.33. The van der Waals surface area contributed by atoms with Gasteiger partial charge < -0.3 is 4.90 Å². The maximum absolute atomic E-state index is 13.5. The van der Waals surface area contributed by atoms with Crippen molar-refractivity contribution in [3.63, 3.8) is 0 Å². The molecule has 35 heavy (non-hydrogen) atoms. The Kier molecular flexibility index (Phi) is 6.00. The molecule has 4 heterocycles. The number of halogens is 1. The molecule has 3 aromatic rings. The van der Waals surface area contributed by atoms with E-state index in [1.54, 1.807) is 6.07 Å². The summed E-state index contributed by atoms with van der Waals surface area (Å²) in [7, 11) is 0. The highest BCUT2D eigenvalue weighted by Crippen LogP contribution is 2.41. The monoisotopic (exact) mass is 511 g/mol. The van der Waals surface area contributed by atoms with Crippen LogP contribution in [0, 0.1) is 5.82 Å². The van der Waals surface area contributed by atoms with Gasteiger partial charge in [-0.15, -0.1) is 0 Å². The number of nitrogens with one attached hydrogen (secondary N) is 1. The number of amides is 2. The van der Waals surface area contributed by atoms with E-state index in [9.17, 15) is 14.0 Å². The first-order valence-electron chi connectivity index (χ1n) is 11.9. The van der Waals surface area contributed by atoms with Crippen molar-refractivity contribution in [1.82, 2.24) is 19.5 Å². The number of carbonyl (C=O) groups is 2. The number of hydrogen-bond donors (Lipinski definition) is 2. The first-order valence-corrected chi connectivity index (χ1v) is 13.2. The number of hydrogen-bond acceptors (Lipinski definition) is 8. The van der Waals surface area contributed by atoms with Gasteiger partial charge in [0, 0.05) is 51.1 Å². The fourth-order valence-corrected chi connectivity index (χ4v) is 6.76. The van der Waals surface area contributed by atoms with E-state index in [0.717, 1.165) is 54.2 Å². The summed E-state index contributed by atoms with van der Waals surface area (Å²) in [6.45, 7) is 5.04. The molecule has 6 rings (SSSR count). The molecule has 182 valence electrons. The minimum absolute atomic E-state index is 0.159. The Morgan fingerprint density at radius 1 is 1.14 bits per heavy atom. The number of carbonyl (C=O) groups excluding carboxylic acids is 2. The molecular formula is C25H26FN5O2S2. The minimum Gasteiger partial charge on any atom is -0.353 e. The number of thiol groups is 1. The standard InChI is InChI=1S/C25H26FN5O2S2/c26-16-4-5-18-21(12-16)35-28-23(18)30-10-8-29(9-11-30)13-15-2-1-3-17-19(15)14-31(25(17)34)20-6-7-22(32)27-24(20)33/h1-5,12,20,25,34H,6-11,13-14H2,(H,27,32,33). The highest BCUT2D eigenvalue weighted by atomic mass is 32.1. The number of imide groups is 1. The van der Waals surface area contributed by atoms with E-state index < -0.39 is 0 Å². The predicted octanol–water partition coefficient (Wildman–Crippen LogP) is 3.31. The number of nitrogens with zero attached hydrogens (tertiary/aromatic N) is 4. The van der Waals surface area contributed by atoms with Crippen LogP contribution in [0.3, 0.4) is 0 Å². The zero-order valence-electron chi connectivity index (χ0n) is 19.1. The molecule has 2 aromatic carbocycles. The van der Waals surface area contributed by atoms with E-state index >= 15 is 0 Å². The Bertz CT molecular complexity index is 1310. The lowest BCUT2D eigenvalue weighted by Crippen LogP contribution is -2.51. The molecule has 0 saturated carbocycles. The zero-order valence-corrected chi connectivity index (χ0v) is 20.8. The van der Waals surface area contributed by atoms with Gasteiger partial charge in [0.05, 0.1) is 16.1 Å². The van der Waals surface area contributed by atoms with Gasteiger partial charge >= 0.3 is 0 Å². The molecule has 3 aliphatic rings. The maximum Gasteiger partial charge on any atom is 0.243 e. The van der Waals surface area contributed by atoms with E-state index in [-0.39, 0.29) is 29.0 Å². The number of piperidine rings is 1. The van der Waals surface area contributed by atoms with Gasteiger partial charge in [0.2, 0.25) is 11.8 Å². The number of anilines is 1. The van der Waals surface area contributed by atoms with Crippen LogP contribution in [0.1, 0.15) is 34.9 Å². The van der Waals surface area contributed by atoms with E-state index in [0.29, 0.717) is 19.4 Å². The van der Waals surface area contributed by atoms with E-state index in [4.69, 9.17) is 12.6 Å². The molecule has 2 atom stereocenters. The number of benzene rings is 2. The third kappa shape index (κ3) is 4.22. The normalized spacial score (nSPS) is 23.7. The quantitative estimate of drug-likeness (QED) is 0.414. The summed E-state index contributed by atoms with van der Waals surface area (Å²) in [5.41, 5.74) is 3.65. The number of aromatic nitrogens is 1. The van der Waals surface area contributed by atoms with Gasteiger partial charge in [0.25, 0.3) is 0 Å². The van der Waals surface area contributed by atoms with Gasteiger partial charge in [-0.2, -0.15) is 17.0 Å². The molecule has 0 spiro atoms. The van der Waals surface area contributed by atoms with Crippen LogP contribution in [0.4, 0.5) is 10.2 Å². The van der Waals surface area contributed by atoms with Crippen molar-refractivity contribution in [2.75, 3.05) is 31.1 Å². The predicted molar refractivity (Wildman–Crippen MR) is 137 cm³/mol. The number of piperazine rings is 1. The highest BCUT2D eigenvalue weighted by molar-refractivity contribution is 7.80. The lowest BCUT2D eigenvalue weighted by atomic mass is 10.0. The van der Waals surface area contributed by atoms with Gasteiger partial charge in [-0.3, -0.25) is 24.7 Å². The molecule has 2 unspecified atom stereocenters.